The molecule has 1 aromatic rings. The largest absolute Gasteiger partial charge is 0.416 e. The van der Waals surface area contributed by atoms with Crippen LogP contribution in [0.15, 0.2) is 30.4 Å². The molecule has 4 unspecified atom stereocenters. The van der Waals surface area contributed by atoms with E-state index in [1.165, 1.54) is 6.07 Å². The van der Waals surface area contributed by atoms with Gasteiger partial charge in [-0.15, -0.1) is 0 Å². The van der Waals surface area contributed by atoms with E-state index in [0.717, 1.165) is 50.7 Å². The Labute approximate surface area is 210 Å². The molecule has 3 saturated carbocycles. The van der Waals surface area contributed by atoms with Gasteiger partial charge >= 0.3 is 6.18 Å². The maximum absolute atomic E-state index is 13.0. The first-order valence-electron chi connectivity index (χ1n) is 13.1. The average Bonchev–Trinajstić information content (AvgIpc) is 3.13. The van der Waals surface area contributed by atoms with Crippen molar-refractivity contribution in [3.63, 3.8) is 0 Å². The molecule has 2 amide bonds. The van der Waals surface area contributed by atoms with Gasteiger partial charge < -0.3 is 16.0 Å². The lowest BCUT2D eigenvalue weighted by Crippen LogP contribution is -2.59. The molecule has 3 fully saturated rings. The molecule has 0 spiro atoms. The summed E-state index contributed by atoms with van der Waals surface area (Å²) >= 11 is 0. The van der Waals surface area contributed by atoms with Gasteiger partial charge in [0.25, 0.3) is 0 Å². The molecule has 0 aromatic heterocycles. The zero-order chi connectivity index (χ0) is 26.0. The molecule has 0 saturated heterocycles. The SMILES string of the molecule is CN1C(=O)C=C[C@]2(C)C3CC[C@@]4(C)C(CC[C@@H]4CC(=O)Nc4ccc(C(F)(F)F)cc4N)C3CCC12. The van der Waals surface area contributed by atoms with Crippen molar-refractivity contribution in [2.24, 2.45) is 34.5 Å². The maximum atomic E-state index is 13.0. The number of halogens is 3. The van der Waals surface area contributed by atoms with E-state index in [2.05, 4.69) is 25.2 Å². The van der Waals surface area contributed by atoms with Crippen molar-refractivity contribution in [1.29, 1.82) is 0 Å². The van der Waals surface area contributed by atoms with Crippen molar-refractivity contribution in [2.75, 3.05) is 18.1 Å². The highest BCUT2D eigenvalue weighted by molar-refractivity contribution is 5.94. The third-order valence-electron chi connectivity index (χ3n) is 10.4. The molecule has 196 valence electrons. The highest BCUT2D eigenvalue weighted by atomic mass is 19.4. The molecular formula is C28H36F3N3O2. The monoisotopic (exact) mass is 503 g/mol. The third-order valence-corrected chi connectivity index (χ3v) is 10.4. The Morgan fingerprint density at radius 3 is 2.58 bits per heavy atom. The number of hydrogen-bond acceptors (Lipinski definition) is 3. The minimum absolute atomic E-state index is 0.0114. The molecule has 36 heavy (non-hydrogen) atoms. The number of alkyl halides is 3. The van der Waals surface area contributed by atoms with Gasteiger partial charge in [-0.25, -0.2) is 0 Å². The fourth-order valence-corrected chi connectivity index (χ4v) is 8.46. The van der Waals surface area contributed by atoms with Crippen molar-refractivity contribution in [3.8, 4) is 0 Å². The Balaban J connectivity index is 1.28. The van der Waals surface area contributed by atoms with Crippen LogP contribution in [0.4, 0.5) is 24.5 Å². The molecule has 4 aliphatic rings. The van der Waals surface area contributed by atoms with Crippen LogP contribution in [0.5, 0.6) is 0 Å². The summed E-state index contributed by atoms with van der Waals surface area (Å²) in [5.41, 5.74) is 5.19. The number of carbonyl (C=O) groups excluding carboxylic acids is 2. The van der Waals surface area contributed by atoms with E-state index in [9.17, 15) is 22.8 Å². The van der Waals surface area contributed by atoms with E-state index in [-0.39, 0.29) is 46.0 Å². The molecule has 5 nitrogen and oxygen atoms in total. The molecule has 0 bridgehead atoms. The van der Waals surface area contributed by atoms with Gasteiger partial charge in [-0.2, -0.15) is 13.2 Å². The topological polar surface area (TPSA) is 75.4 Å². The zero-order valence-electron chi connectivity index (χ0n) is 21.2. The molecule has 1 aromatic carbocycles. The minimum Gasteiger partial charge on any atom is -0.397 e. The van der Waals surface area contributed by atoms with E-state index in [1.54, 1.807) is 6.08 Å². The number of carbonyl (C=O) groups is 2. The second-order valence-electron chi connectivity index (χ2n) is 12.0. The molecule has 5 rings (SSSR count). The molecule has 3 aliphatic carbocycles. The summed E-state index contributed by atoms with van der Waals surface area (Å²) < 4.78 is 38.8. The van der Waals surface area contributed by atoms with Gasteiger partial charge in [0.2, 0.25) is 11.8 Å². The van der Waals surface area contributed by atoms with Gasteiger partial charge in [-0.3, -0.25) is 9.59 Å². The molecular weight excluding hydrogens is 467 g/mol. The van der Waals surface area contributed by atoms with E-state index in [1.807, 2.05) is 11.9 Å². The van der Waals surface area contributed by atoms with E-state index < -0.39 is 11.7 Å². The second-order valence-corrected chi connectivity index (χ2v) is 12.0. The van der Waals surface area contributed by atoms with Crippen LogP contribution >= 0.6 is 0 Å². The summed E-state index contributed by atoms with van der Waals surface area (Å²) in [6.07, 6.45) is 6.13. The molecule has 0 radical (unpaired) electrons. The Bertz CT molecular complexity index is 1100. The number of nitrogens with zero attached hydrogens (tertiary/aromatic N) is 1. The maximum Gasteiger partial charge on any atom is 0.416 e. The lowest BCUT2D eigenvalue weighted by Gasteiger charge is -2.60. The third kappa shape index (κ3) is 3.91. The first-order chi connectivity index (χ1) is 16.8. The van der Waals surface area contributed by atoms with Crippen LogP contribution in [0.2, 0.25) is 0 Å². The molecule has 1 heterocycles. The van der Waals surface area contributed by atoms with Crippen LogP contribution in [-0.4, -0.2) is 29.8 Å². The average molecular weight is 504 g/mol. The minimum atomic E-state index is -4.47. The smallest absolute Gasteiger partial charge is 0.397 e. The Morgan fingerprint density at radius 2 is 1.89 bits per heavy atom. The Kier molecular flexibility index (Phi) is 5.95. The lowest BCUT2D eigenvalue weighted by molar-refractivity contribution is -0.139. The number of fused-ring (bicyclic) bond motifs is 5. The van der Waals surface area contributed by atoms with Crippen LogP contribution in [-0.2, 0) is 15.8 Å². The number of hydrogen-bond donors (Lipinski definition) is 2. The van der Waals surface area contributed by atoms with Crippen molar-refractivity contribution < 1.29 is 22.8 Å². The van der Waals surface area contributed by atoms with E-state index >= 15 is 0 Å². The van der Waals surface area contributed by atoms with Crippen LogP contribution in [0.1, 0.15) is 64.4 Å². The quantitative estimate of drug-likeness (QED) is 0.507. The Morgan fingerprint density at radius 1 is 1.14 bits per heavy atom. The summed E-state index contributed by atoms with van der Waals surface area (Å²) in [4.78, 5) is 27.2. The fourth-order valence-electron chi connectivity index (χ4n) is 8.46. The van der Waals surface area contributed by atoms with Gasteiger partial charge in [-0.1, -0.05) is 19.9 Å². The predicted molar refractivity (Wildman–Crippen MR) is 133 cm³/mol. The Hall–Kier alpha value is -2.51. The van der Waals surface area contributed by atoms with Gasteiger partial charge in [0.1, 0.15) is 0 Å². The number of rotatable bonds is 3. The molecule has 3 N–H and O–H groups in total. The number of amides is 2. The van der Waals surface area contributed by atoms with Crippen LogP contribution in [0, 0.1) is 34.5 Å². The second kappa shape index (κ2) is 8.52. The summed E-state index contributed by atoms with van der Waals surface area (Å²) in [7, 11) is 1.93. The molecule has 8 heteroatoms. The predicted octanol–water partition coefficient (Wildman–Crippen LogP) is 5.87. The number of nitrogen functional groups attached to an aromatic ring is 1. The summed E-state index contributed by atoms with van der Waals surface area (Å²) in [5.74, 6) is 1.78. The number of anilines is 2. The van der Waals surface area contributed by atoms with Gasteiger partial charge in [0.15, 0.2) is 0 Å². The van der Waals surface area contributed by atoms with Crippen LogP contribution < -0.4 is 11.1 Å². The molecule has 1 aliphatic heterocycles. The zero-order valence-corrected chi connectivity index (χ0v) is 21.2. The number of nitrogens with two attached hydrogens (primary N) is 1. The summed E-state index contributed by atoms with van der Waals surface area (Å²) in [6, 6.07) is 3.30. The van der Waals surface area contributed by atoms with Crippen molar-refractivity contribution in [1.82, 2.24) is 4.90 Å². The standard InChI is InChI=1S/C28H36F3N3O2/c1-26-12-10-20-18(6-9-23-27(20,2)13-11-25(36)34(23)3)19(26)7-4-16(26)15-24(35)33-22-8-5-17(14-21(22)32)28(29,30)31/h5,8,11,13-14,16,18-20,23H,4,6-7,9-10,12,15,32H2,1-3H3,(H,33,35)/t16-,18?,19?,20?,23?,26-,27-/m1/s1. The lowest BCUT2D eigenvalue weighted by atomic mass is 9.47. The van der Waals surface area contributed by atoms with Crippen molar-refractivity contribution in [3.05, 3.63) is 35.9 Å². The number of benzene rings is 1. The summed E-state index contributed by atoms with van der Waals surface area (Å²) in [5, 5.41) is 2.76. The van der Waals surface area contributed by atoms with E-state index in [4.69, 9.17) is 5.73 Å². The van der Waals surface area contributed by atoms with Crippen LogP contribution in [0.3, 0.4) is 0 Å². The van der Waals surface area contributed by atoms with Gasteiger partial charge in [0.05, 0.1) is 16.9 Å². The van der Waals surface area contributed by atoms with Gasteiger partial charge in [-0.05, 0) is 91.9 Å². The normalized spacial score (nSPS) is 37.8. The first-order valence-corrected chi connectivity index (χ1v) is 13.1. The molecule has 7 atom stereocenters. The number of likely N-dealkylation sites (N-methyl/N-ethyl adjacent to an activating group) is 1. The highest BCUT2D eigenvalue weighted by Gasteiger charge is 2.60. The highest BCUT2D eigenvalue weighted by Crippen LogP contribution is 2.66. The van der Waals surface area contributed by atoms with Gasteiger partial charge in [0, 0.05) is 24.9 Å². The first kappa shape index (κ1) is 25.2. The van der Waals surface area contributed by atoms with Crippen molar-refractivity contribution >= 4 is 23.2 Å². The van der Waals surface area contributed by atoms with Crippen molar-refractivity contribution in [2.45, 2.75) is 71.0 Å². The number of nitrogens with one attached hydrogen (secondary N) is 1. The fraction of sp³-hybridized carbons (Fsp3) is 0.643. The summed E-state index contributed by atoms with van der Waals surface area (Å²) in [6.45, 7) is 4.66. The van der Waals surface area contributed by atoms with E-state index in [0.29, 0.717) is 24.2 Å². The van der Waals surface area contributed by atoms with Crippen LogP contribution in [0.25, 0.3) is 0 Å².